The summed E-state index contributed by atoms with van der Waals surface area (Å²) in [6.45, 7) is 3.15. The van der Waals surface area contributed by atoms with Crippen molar-refractivity contribution in [3.8, 4) is 5.75 Å². The molecule has 3 aromatic rings. The molecule has 0 atom stereocenters. The van der Waals surface area contributed by atoms with Gasteiger partial charge in [-0.25, -0.2) is 9.50 Å². The number of nitrogens with one attached hydrogen (secondary N) is 1. The molecule has 2 heterocycles. The van der Waals surface area contributed by atoms with Crippen LogP contribution in [-0.4, -0.2) is 51.7 Å². The van der Waals surface area contributed by atoms with Crippen molar-refractivity contribution in [2.24, 2.45) is 0 Å². The molecule has 1 aromatic carbocycles. The summed E-state index contributed by atoms with van der Waals surface area (Å²) in [6.07, 6.45) is -3.99. The van der Waals surface area contributed by atoms with Crippen LogP contribution in [0.25, 0.3) is 5.78 Å². The second kappa shape index (κ2) is 10.5. The predicted octanol–water partition coefficient (Wildman–Crippen LogP) is 2.60. The van der Waals surface area contributed by atoms with Crippen molar-refractivity contribution in [3.05, 3.63) is 52.6 Å². The first-order chi connectivity index (χ1) is 16.1. The Morgan fingerprint density at radius 2 is 1.79 bits per heavy atom. The lowest BCUT2D eigenvalue weighted by Crippen LogP contribution is -2.30. The van der Waals surface area contributed by atoms with Crippen LogP contribution in [0.5, 0.6) is 5.75 Å². The topological polar surface area (TPSA) is 108 Å². The van der Waals surface area contributed by atoms with E-state index in [0.717, 1.165) is 15.8 Å². The first-order valence-corrected chi connectivity index (χ1v) is 10.4. The third-order valence-corrected chi connectivity index (χ3v) is 5.14. The van der Waals surface area contributed by atoms with Gasteiger partial charge < -0.3 is 14.8 Å². The van der Waals surface area contributed by atoms with Crippen LogP contribution < -0.4 is 10.1 Å². The fraction of sp³-hybridized carbons (Fsp3) is 0.409. The Labute approximate surface area is 193 Å². The molecule has 0 radical (unpaired) electrons. The number of halogens is 3. The Morgan fingerprint density at radius 3 is 2.44 bits per heavy atom. The van der Waals surface area contributed by atoms with Gasteiger partial charge in [0.25, 0.3) is 17.5 Å². The summed E-state index contributed by atoms with van der Waals surface area (Å²) in [5.41, 5.74) is 2.42. The molecule has 1 amide bonds. The van der Waals surface area contributed by atoms with E-state index in [4.69, 9.17) is 9.47 Å². The lowest BCUT2D eigenvalue weighted by atomic mass is 10.1. The lowest BCUT2D eigenvalue weighted by molar-refractivity contribution is -0.148. The highest BCUT2D eigenvalue weighted by molar-refractivity contribution is 5.80. The number of alkyl halides is 3. The Hall–Kier alpha value is -3.70. The van der Waals surface area contributed by atoms with Gasteiger partial charge in [0.15, 0.2) is 6.61 Å². The van der Waals surface area contributed by atoms with Crippen molar-refractivity contribution in [1.82, 2.24) is 24.9 Å². The molecule has 1 N–H and O–H groups in total. The van der Waals surface area contributed by atoms with Crippen molar-refractivity contribution >= 4 is 17.7 Å². The highest BCUT2D eigenvalue weighted by Crippen LogP contribution is 2.27. The minimum absolute atomic E-state index is 0.0746. The Balaban J connectivity index is 1.47. The van der Waals surface area contributed by atoms with Crippen LogP contribution in [0.1, 0.15) is 34.8 Å². The average Bonchev–Trinajstić information content (AvgIpc) is 3.23. The third kappa shape index (κ3) is 6.21. The van der Waals surface area contributed by atoms with E-state index in [1.807, 2.05) is 24.3 Å². The van der Waals surface area contributed by atoms with Crippen LogP contribution in [0.15, 0.2) is 24.3 Å². The quantitative estimate of drug-likeness (QED) is 0.470. The summed E-state index contributed by atoms with van der Waals surface area (Å²) in [7, 11) is 1.58. The number of aromatic nitrogens is 4. The number of rotatable bonds is 9. The monoisotopic (exact) mass is 479 g/mol. The number of ether oxygens (including phenoxy) is 2. The highest BCUT2D eigenvalue weighted by Gasteiger charge is 2.37. The number of nitrogens with zero attached hydrogens (tertiary/aromatic N) is 4. The molecular formula is C22H24F3N5O4. The number of aryl methyl sites for hydroxylation is 2. The van der Waals surface area contributed by atoms with Crippen LogP contribution in [0.4, 0.5) is 13.2 Å². The molecule has 0 saturated heterocycles. The molecule has 182 valence electrons. The predicted molar refractivity (Wildman–Crippen MR) is 114 cm³/mol. The number of methoxy groups -OCH3 is 1. The maximum Gasteiger partial charge on any atom is 0.453 e. The van der Waals surface area contributed by atoms with E-state index in [2.05, 4.69) is 20.4 Å². The summed E-state index contributed by atoms with van der Waals surface area (Å²) >= 11 is 0. The van der Waals surface area contributed by atoms with Crippen molar-refractivity contribution in [2.45, 2.75) is 39.3 Å². The zero-order valence-corrected chi connectivity index (χ0v) is 18.9. The van der Waals surface area contributed by atoms with Gasteiger partial charge in [-0.2, -0.15) is 18.2 Å². The number of hydrogen-bond donors (Lipinski definition) is 1. The number of fused-ring (bicyclic) bond motifs is 1. The zero-order valence-electron chi connectivity index (χ0n) is 18.9. The molecule has 0 unspecified atom stereocenters. The van der Waals surface area contributed by atoms with Crippen LogP contribution in [0, 0.1) is 13.8 Å². The van der Waals surface area contributed by atoms with Crippen molar-refractivity contribution in [2.75, 3.05) is 20.3 Å². The molecule has 0 aliphatic rings. The molecule has 3 rings (SSSR count). The fourth-order valence-electron chi connectivity index (χ4n) is 3.33. The minimum atomic E-state index is -4.69. The zero-order chi connectivity index (χ0) is 24.9. The maximum atomic E-state index is 12.9. The average molecular weight is 479 g/mol. The Kier molecular flexibility index (Phi) is 7.69. The molecule has 12 heteroatoms. The number of esters is 1. The summed E-state index contributed by atoms with van der Waals surface area (Å²) in [5, 5.41) is 6.15. The number of hydrogen-bond acceptors (Lipinski definition) is 7. The van der Waals surface area contributed by atoms with Crippen LogP contribution in [-0.2, 0) is 33.3 Å². The highest BCUT2D eigenvalue weighted by atomic mass is 19.4. The summed E-state index contributed by atoms with van der Waals surface area (Å²) in [5.74, 6) is -1.75. The van der Waals surface area contributed by atoms with Gasteiger partial charge in [0.2, 0.25) is 0 Å². The third-order valence-electron chi connectivity index (χ3n) is 5.14. The molecule has 9 nitrogen and oxygen atoms in total. The minimum Gasteiger partial charge on any atom is -0.497 e. The molecule has 0 fully saturated rings. The number of benzene rings is 1. The molecule has 0 aliphatic carbocycles. The van der Waals surface area contributed by atoms with Crippen LogP contribution in [0.3, 0.4) is 0 Å². The molecule has 0 bridgehead atoms. The van der Waals surface area contributed by atoms with Crippen molar-refractivity contribution < 1.29 is 32.2 Å². The lowest BCUT2D eigenvalue weighted by Gasteiger charge is -2.10. The van der Waals surface area contributed by atoms with E-state index in [0.29, 0.717) is 29.9 Å². The van der Waals surface area contributed by atoms with E-state index in [9.17, 15) is 22.8 Å². The van der Waals surface area contributed by atoms with Gasteiger partial charge in [-0.05, 0) is 49.9 Å². The normalized spacial score (nSPS) is 11.5. The summed E-state index contributed by atoms with van der Waals surface area (Å²) in [6, 6.07) is 7.44. The Morgan fingerprint density at radius 1 is 1.09 bits per heavy atom. The van der Waals surface area contributed by atoms with Gasteiger partial charge in [0.05, 0.1) is 7.11 Å². The molecule has 0 aliphatic heterocycles. The maximum absolute atomic E-state index is 12.9. The first-order valence-electron chi connectivity index (χ1n) is 10.4. The van der Waals surface area contributed by atoms with Crippen molar-refractivity contribution in [1.29, 1.82) is 0 Å². The molecular weight excluding hydrogens is 455 g/mol. The summed E-state index contributed by atoms with van der Waals surface area (Å²) in [4.78, 5) is 31.5. The van der Waals surface area contributed by atoms with Gasteiger partial charge in [-0.3, -0.25) is 9.59 Å². The van der Waals surface area contributed by atoms with Gasteiger partial charge in [0, 0.05) is 24.4 Å². The SMILES string of the molecule is COc1ccc(CCNC(=O)COC(=O)CCc2c(C)nc3nc(C(F)(F)F)nn3c2C)cc1. The van der Waals surface area contributed by atoms with E-state index in [1.165, 1.54) is 0 Å². The van der Waals surface area contributed by atoms with Crippen LogP contribution in [0.2, 0.25) is 0 Å². The Bertz CT molecular complexity index is 1180. The van der Waals surface area contributed by atoms with Gasteiger partial charge in [0.1, 0.15) is 5.75 Å². The van der Waals surface area contributed by atoms with E-state index < -0.39 is 30.5 Å². The van der Waals surface area contributed by atoms with Gasteiger partial charge >= 0.3 is 12.1 Å². The smallest absolute Gasteiger partial charge is 0.453 e. The number of carbonyl (C=O) groups is 2. The van der Waals surface area contributed by atoms with Gasteiger partial charge in [-0.1, -0.05) is 12.1 Å². The first kappa shape index (κ1) is 24.9. The summed E-state index contributed by atoms with van der Waals surface area (Å²) < 4.78 is 49.8. The second-order valence-corrected chi connectivity index (χ2v) is 7.51. The van der Waals surface area contributed by atoms with E-state index in [-0.39, 0.29) is 18.6 Å². The molecule has 34 heavy (non-hydrogen) atoms. The molecule has 0 saturated carbocycles. The number of amides is 1. The number of carbonyl (C=O) groups excluding carboxylic acids is 2. The second-order valence-electron chi connectivity index (χ2n) is 7.51. The van der Waals surface area contributed by atoms with Crippen LogP contribution >= 0.6 is 0 Å². The molecule has 2 aromatic heterocycles. The van der Waals surface area contributed by atoms with Crippen molar-refractivity contribution in [3.63, 3.8) is 0 Å². The van der Waals surface area contributed by atoms with Gasteiger partial charge in [-0.15, -0.1) is 5.10 Å². The molecule has 0 spiro atoms. The standard InChI is InChI=1S/C22H24F3N5O4/c1-13-17(14(2)30-21(27-13)28-20(29-30)22(23,24)25)8-9-19(32)34-12-18(31)26-11-10-15-4-6-16(33-3)7-5-15/h4-7H,8-12H2,1-3H3,(H,26,31). The van der Waals surface area contributed by atoms with E-state index in [1.54, 1.807) is 21.0 Å². The largest absolute Gasteiger partial charge is 0.497 e. The van der Waals surface area contributed by atoms with E-state index >= 15 is 0 Å². The fourth-order valence-corrected chi connectivity index (χ4v) is 3.33.